The van der Waals surface area contributed by atoms with Gasteiger partial charge in [0, 0.05) is 6.04 Å². The van der Waals surface area contributed by atoms with E-state index in [2.05, 4.69) is 0 Å². The van der Waals surface area contributed by atoms with E-state index in [-0.39, 0.29) is 12.2 Å². The number of halogens is 3. The quantitative estimate of drug-likeness (QED) is 0.818. The Hall–Kier alpha value is -1.23. The molecule has 1 rings (SSSR count). The van der Waals surface area contributed by atoms with E-state index in [0.717, 1.165) is 0 Å². The normalized spacial score (nSPS) is 13.9. The van der Waals surface area contributed by atoms with Crippen LogP contribution in [0.4, 0.5) is 13.2 Å². The van der Waals surface area contributed by atoms with Gasteiger partial charge in [0.25, 0.3) is 0 Å². The lowest BCUT2D eigenvalue weighted by Gasteiger charge is -2.13. The van der Waals surface area contributed by atoms with Crippen molar-refractivity contribution in [2.45, 2.75) is 25.1 Å². The molecule has 0 aliphatic rings. The minimum atomic E-state index is -4.24. The Bertz CT molecular complexity index is 325. The number of phenols is 1. The second kappa shape index (κ2) is 4.53. The van der Waals surface area contributed by atoms with Gasteiger partial charge in [-0.05, 0) is 24.1 Å². The summed E-state index contributed by atoms with van der Waals surface area (Å²) in [5.74, 6) is 0.0340. The average Bonchev–Trinajstić information content (AvgIpc) is 1.99. The highest BCUT2D eigenvalue weighted by Crippen LogP contribution is 2.22. The second-order valence-electron chi connectivity index (χ2n) is 3.45. The van der Waals surface area contributed by atoms with Gasteiger partial charge in [-0.3, -0.25) is 0 Å². The Morgan fingerprint density at radius 1 is 1.33 bits per heavy atom. The lowest BCUT2D eigenvalue weighted by atomic mass is 10.0. The molecule has 0 saturated carbocycles. The topological polar surface area (TPSA) is 46.2 Å². The largest absolute Gasteiger partial charge is 0.508 e. The number of alkyl halides is 3. The van der Waals surface area contributed by atoms with E-state index in [1.165, 1.54) is 12.1 Å². The van der Waals surface area contributed by atoms with Crippen LogP contribution >= 0.6 is 0 Å². The Labute approximate surface area is 85.5 Å². The molecule has 3 N–H and O–H groups in total. The van der Waals surface area contributed by atoms with E-state index in [4.69, 9.17) is 10.8 Å². The van der Waals surface area contributed by atoms with Gasteiger partial charge in [-0.25, -0.2) is 0 Å². The number of aromatic hydroxyl groups is 1. The number of rotatable bonds is 3. The maximum Gasteiger partial charge on any atom is 0.390 e. The van der Waals surface area contributed by atoms with Crippen molar-refractivity contribution in [2.24, 2.45) is 5.73 Å². The monoisotopic (exact) mass is 219 g/mol. The number of hydrogen-bond acceptors (Lipinski definition) is 2. The predicted molar refractivity (Wildman–Crippen MR) is 50.5 cm³/mol. The molecule has 0 aromatic heterocycles. The fourth-order valence-electron chi connectivity index (χ4n) is 1.36. The fourth-order valence-corrected chi connectivity index (χ4v) is 1.36. The molecule has 1 unspecified atom stereocenters. The molecule has 1 atom stereocenters. The first kappa shape index (κ1) is 11.8. The van der Waals surface area contributed by atoms with E-state index in [1.54, 1.807) is 12.1 Å². The van der Waals surface area contributed by atoms with E-state index in [0.29, 0.717) is 5.56 Å². The number of nitrogens with two attached hydrogens (primary N) is 1. The molecule has 0 spiro atoms. The van der Waals surface area contributed by atoms with E-state index >= 15 is 0 Å². The summed E-state index contributed by atoms with van der Waals surface area (Å²) in [5, 5.41) is 9.10. The third-order valence-electron chi connectivity index (χ3n) is 1.90. The van der Waals surface area contributed by atoms with Crippen molar-refractivity contribution in [3.05, 3.63) is 29.8 Å². The first-order chi connectivity index (χ1) is 6.87. The van der Waals surface area contributed by atoms with Gasteiger partial charge in [-0.2, -0.15) is 13.2 Å². The van der Waals surface area contributed by atoms with Crippen molar-refractivity contribution in [2.75, 3.05) is 0 Å². The summed E-state index contributed by atoms with van der Waals surface area (Å²) in [6, 6.07) is 5.11. The fraction of sp³-hybridized carbons (Fsp3) is 0.400. The van der Waals surface area contributed by atoms with Crippen LogP contribution in [-0.2, 0) is 6.42 Å². The van der Waals surface area contributed by atoms with Crippen molar-refractivity contribution < 1.29 is 18.3 Å². The Morgan fingerprint density at radius 3 is 2.53 bits per heavy atom. The number of hydrogen-bond donors (Lipinski definition) is 2. The Balaban J connectivity index is 2.55. The summed E-state index contributed by atoms with van der Waals surface area (Å²) in [6.45, 7) is 0. The smallest absolute Gasteiger partial charge is 0.390 e. The first-order valence-electron chi connectivity index (χ1n) is 4.47. The van der Waals surface area contributed by atoms with Gasteiger partial charge in [0.1, 0.15) is 5.75 Å². The molecule has 5 heteroatoms. The van der Waals surface area contributed by atoms with Gasteiger partial charge in [-0.15, -0.1) is 0 Å². The highest BCUT2D eigenvalue weighted by molar-refractivity contribution is 5.27. The van der Waals surface area contributed by atoms with Crippen LogP contribution in [0.1, 0.15) is 12.0 Å². The third-order valence-corrected chi connectivity index (χ3v) is 1.90. The highest BCUT2D eigenvalue weighted by atomic mass is 19.4. The van der Waals surface area contributed by atoms with Crippen molar-refractivity contribution >= 4 is 0 Å². The summed E-state index contributed by atoms with van der Waals surface area (Å²) in [6.07, 6.45) is -5.15. The van der Waals surface area contributed by atoms with Gasteiger partial charge in [0.05, 0.1) is 6.42 Å². The summed E-state index contributed by atoms with van der Waals surface area (Å²) in [7, 11) is 0. The molecule has 0 heterocycles. The zero-order valence-corrected chi connectivity index (χ0v) is 7.96. The molecule has 84 valence electrons. The molecule has 0 amide bonds. The molecule has 0 fully saturated rings. The molecule has 0 radical (unpaired) electrons. The molecule has 15 heavy (non-hydrogen) atoms. The van der Waals surface area contributed by atoms with E-state index < -0.39 is 18.6 Å². The lowest BCUT2D eigenvalue weighted by molar-refractivity contribution is -0.138. The zero-order valence-electron chi connectivity index (χ0n) is 7.96. The van der Waals surface area contributed by atoms with Crippen LogP contribution < -0.4 is 5.73 Å². The van der Waals surface area contributed by atoms with Crippen LogP contribution in [-0.4, -0.2) is 17.3 Å². The van der Waals surface area contributed by atoms with E-state index in [1.807, 2.05) is 0 Å². The minimum absolute atomic E-state index is 0.0340. The van der Waals surface area contributed by atoms with Crippen LogP contribution in [0.25, 0.3) is 0 Å². The maximum absolute atomic E-state index is 12.0. The second-order valence-corrected chi connectivity index (χ2v) is 3.45. The molecular weight excluding hydrogens is 207 g/mol. The van der Waals surface area contributed by atoms with Crippen LogP contribution in [0.5, 0.6) is 5.75 Å². The standard InChI is InChI=1S/C10H12F3NO/c11-10(12,13)6-8(14)4-7-2-1-3-9(15)5-7/h1-3,5,8,15H,4,6,14H2. The van der Waals surface area contributed by atoms with Crippen LogP contribution in [0.15, 0.2) is 24.3 Å². The van der Waals surface area contributed by atoms with Crippen LogP contribution in [0.3, 0.4) is 0 Å². The highest BCUT2D eigenvalue weighted by Gasteiger charge is 2.30. The van der Waals surface area contributed by atoms with Gasteiger partial charge in [0.15, 0.2) is 0 Å². The SMILES string of the molecule is NC(Cc1cccc(O)c1)CC(F)(F)F. The van der Waals surface area contributed by atoms with Crippen LogP contribution in [0, 0.1) is 0 Å². The van der Waals surface area contributed by atoms with Crippen molar-refractivity contribution in [1.82, 2.24) is 0 Å². The average molecular weight is 219 g/mol. The van der Waals surface area contributed by atoms with E-state index in [9.17, 15) is 13.2 Å². The predicted octanol–water partition coefficient (Wildman–Crippen LogP) is 2.21. The first-order valence-corrected chi connectivity index (χ1v) is 4.47. The molecule has 1 aromatic carbocycles. The lowest BCUT2D eigenvalue weighted by Crippen LogP contribution is -2.29. The molecule has 0 saturated heterocycles. The van der Waals surface area contributed by atoms with Crippen molar-refractivity contribution in [3.63, 3.8) is 0 Å². The Morgan fingerprint density at radius 2 is 2.00 bits per heavy atom. The van der Waals surface area contributed by atoms with Crippen molar-refractivity contribution in [1.29, 1.82) is 0 Å². The Kier molecular flexibility index (Phi) is 3.57. The van der Waals surface area contributed by atoms with Gasteiger partial charge >= 0.3 is 6.18 Å². The molecule has 1 aromatic rings. The molecular formula is C10H12F3NO. The molecule has 0 aliphatic carbocycles. The van der Waals surface area contributed by atoms with Crippen LogP contribution in [0.2, 0.25) is 0 Å². The molecule has 2 nitrogen and oxygen atoms in total. The summed E-state index contributed by atoms with van der Waals surface area (Å²) < 4.78 is 35.9. The van der Waals surface area contributed by atoms with Gasteiger partial charge < -0.3 is 10.8 Å². The van der Waals surface area contributed by atoms with Crippen molar-refractivity contribution in [3.8, 4) is 5.75 Å². The zero-order chi connectivity index (χ0) is 11.5. The summed E-state index contributed by atoms with van der Waals surface area (Å²) in [5.41, 5.74) is 5.94. The van der Waals surface area contributed by atoms with Gasteiger partial charge in [0.2, 0.25) is 0 Å². The molecule has 0 aliphatic heterocycles. The maximum atomic E-state index is 12.0. The third kappa shape index (κ3) is 4.69. The summed E-state index contributed by atoms with van der Waals surface area (Å²) in [4.78, 5) is 0. The number of benzene rings is 1. The minimum Gasteiger partial charge on any atom is -0.508 e. The molecule has 0 bridgehead atoms. The summed E-state index contributed by atoms with van der Waals surface area (Å²) >= 11 is 0. The van der Waals surface area contributed by atoms with Gasteiger partial charge in [-0.1, -0.05) is 12.1 Å². The number of phenolic OH excluding ortho intramolecular Hbond substituents is 1.